The van der Waals surface area contributed by atoms with E-state index >= 15 is 0 Å². The minimum Gasteiger partial charge on any atom is -0.481 e. The van der Waals surface area contributed by atoms with Gasteiger partial charge in [0.25, 0.3) is 0 Å². The second kappa shape index (κ2) is 5.22. The fraction of sp³-hybridized carbons (Fsp3) is 0.900. The van der Waals surface area contributed by atoms with E-state index in [9.17, 15) is 4.79 Å². The minimum atomic E-state index is -0.732. The molecule has 0 aliphatic carbocycles. The fourth-order valence-electron chi connectivity index (χ4n) is 1.87. The molecule has 3 nitrogen and oxygen atoms in total. The molecule has 0 aromatic carbocycles. The summed E-state index contributed by atoms with van der Waals surface area (Å²) in [5.74, 6) is -0.215. The van der Waals surface area contributed by atoms with Crippen molar-refractivity contribution in [2.24, 2.45) is 5.92 Å². The summed E-state index contributed by atoms with van der Waals surface area (Å²) in [4.78, 5) is 10.6. The summed E-state index contributed by atoms with van der Waals surface area (Å²) in [6, 6.07) is 0. The van der Waals surface area contributed by atoms with Gasteiger partial charge in [0.05, 0.1) is 6.42 Å². The molecule has 0 aliphatic rings. The molecule has 0 heterocycles. The Hall–Kier alpha value is -0.570. The Labute approximate surface area is 80.5 Å². The Morgan fingerprint density at radius 2 is 2.08 bits per heavy atom. The van der Waals surface area contributed by atoms with E-state index in [1.807, 2.05) is 13.8 Å². The third-order valence-corrected chi connectivity index (χ3v) is 2.00. The van der Waals surface area contributed by atoms with Crippen LogP contribution in [0, 0.1) is 5.92 Å². The Morgan fingerprint density at radius 3 is 2.38 bits per heavy atom. The summed E-state index contributed by atoms with van der Waals surface area (Å²) in [6.45, 7) is 9.01. The molecule has 0 aromatic rings. The second-order valence-corrected chi connectivity index (χ2v) is 4.26. The first-order valence-corrected chi connectivity index (χ1v) is 4.86. The van der Waals surface area contributed by atoms with Gasteiger partial charge in [-0.1, -0.05) is 20.8 Å². The lowest BCUT2D eigenvalue weighted by Gasteiger charge is -2.30. The molecular weight excluding hydrogens is 166 g/mol. The van der Waals surface area contributed by atoms with E-state index in [2.05, 4.69) is 19.2 Å². The van der Waals surface area contributed by atoms with Crippen LogP contribution >= 0.6 is 0 Å². The highest BCUT2D eigenvalue weighted by Gasteiger charge is 2.26. The normalized spacial score (nSPS) is 15.8. The van der Waals surface area contributed by atoms with Crippen molar-refractivity contribution in [3.63, 3.8) is 0 Å². The van der Waals surface area contributed by atoms with Crippen LogP contribution < -0.4 is 5.32 Å². The number of aliphatic carboxylic acids is 1. The first-order valence-electron chi connectivity index (χ1n) is 4.86. The molecule has 0 aliphatic heterocycles. The predicted octanol–water partition coefficient (Wildman–Crippen LogP) is 1.88. The number of nitrogens with one attached hydrogen (secondary N) is 1. The molecule has 0 bridgehead atoms. The first kappa shape index (κ1) is 12.4. The number of carbonyl (C=O) groups is 1. The molecule has 0 aromatic heterocycles. The summed E-state index contributed by atoms with van der Waals surface area (Å²) in [7, 11) is 0. The van der Waals surface area contributed by atoms with Crippen LogP contribution in [0.25, 0.3) is 0 Å². The largest absolute Gasteiger partial charge is 0.481 e. The summed E-state index contributed by atoms with van der Waals surface area (Å²) in [5, 5.41) is 12.0. The van der Waals surface area contributed by atoms with Crippen molar-refractivity contribution in [1.82, 2.24) is 5.32 Å². The Kier molecular flexibility index (Phi) is 4.99. The van der Waals surface area contributed by atoms with E-state index in [0.29, 0.717) is 5.92 Å². The lowest BCUT2D eigenvalue weighted by atomic mass is 9.87. The van der Waals surface area contributed by atoms with Gasteiger partial charge in [-0.2, -0.15) is 0 Å². The van der Waals surface area contributed by atoms with Crippen molar-refractivity contribution >= 4 is 5.97 Å². The zero-order valence-corrected chi connectivity index (χ0v) is 9.05. The number of carboxylic acids is 1. The van der Waals surface area contributed by atoms with Crippen molar-refractivity contribution in [2.45, 2.75) is 46.1 Å². The maximum Gasteiger partial charge on any atom is 0.305 e. The van der Waals surface area contributed by atoms with Crippen LogP contribution in [0.5, 0.6) is 0 Å². The van der Waals surface area contributed by atoms with E-state index in [-0.39, 0.29) is 12.0 Å². The van der Waals surface area contributed by atoms with Crippen molar-refractivity contribution in [3.05, 3.63) is 0 Å². The predicted molar refractivity (Wildman–Crippen MR) is 53.8 cm³/mol. The van der Waals surface area contributed by atoms with Gasteiger partial charge in [-0.15, -0.1) is 0 Å². The highest BCUT2D eigenvalue weighted by atomic mass is 16.4. The van der Waals surface area contributed by atoms with Crippen molar-refractivity contribution in [1.29, 1.82) is 0 Å². The van der Waals surface area contributed by atoms with Crippen LogP contribution in [0.3, 0.4) is 0 Å². The molecule has 0 saturated heterocycles. The number of hydrogen-bond donors (Lipinski definition) is 2. The summed E-state index contributed by atoms with van der Waals surface area (Å²) in [5.41, 5.74) is -0.255. The Balaban J connectivity index is 4.23. The van der Waals surface area contributed by atoms with E-state index in [0.717, 1.165) is 13.0 Å². The van der Waals surface area contributed by atoms with Crippen molar-refractivity contribution in [2.75, 3.05) is 6.54 Å². The summed E-state index contributed by atoms with van der Waals surface area (Å²) < 4.78 is 0. The standard InChI is InChI=1S/C10H21NO2/c1-5-11-10(4,6-8(2)3)7-9(12)13/h8,11H,5-7H2,1-4H3,(H,12,13). The van der Waals surface area contributed by atoms with Gasteiger partial charge in [-0.25, -0.2) is 0 Å². The third-order valence-electron chi connectivity index (χ3n) is 2.00. The third kappa shape index (κ3) is 5.64. The number of rotatable bonds is 6. The highest BCUT2D eigenvalue weighted by Crippen LogP contribution is 2.20. The van der Waals surface area contributed by atoms with Crippen LogP contribution in [0.1, 0.15) is 40.5 Å². The van der Waals surface area contributed by atoms with Crippen molar-refractivity contribution in [3.8, 4) is 0 Å². The molecule has 0 spiro atoms. The summed E-state index contributed by atoms with van der Waals surface area (Å²) >= 11 is 0. The molecule has 0 saturated carbocycles. The fourth-order valence-corrected chi connectivity index (χ4v) is 1.87. The van der Waals surface area contributed by atoms with E-state index in [4.69, 9.17) is 5.11 Å². The first-order chi connectivity index (χ1) is 5.89. The van der Waals surface area contributed by atoms with E-state index < -0.39 is 5.97 Å². The quantitative estimate of drug-likeness (QED) is 0.667. The van der Waals surface area contributed by atoms with Gasteiger partial charge < -0.3 is 10.4 Å². The van der Waals surface area contributed by atoms with Gasteiger partial charge in [-0.05, 0) is 25.8 Å². The van der Waals surface area contributed by atoms with Gasteiger partial charge in [0.15, 0.2) is 0 Å². The SMILES string of the molecule is CCNC(C)(CC(=O)O)CC(C)C. The van der Waals surface area contributed by atoms with Crippen LogP contribution in [-0.2, 0) is 4.79 Å². The second-order valence-electron chi connectivity index (χ2n) is 4.26. The van der Waals surface area contributed by atoms with Gasteiger partial charge in [0, 0.05) is 5.54 Å². The van der Waals surface area contributed by atoms with Crippen LogP contribution in [0.2, 0.25) is 0 Å². The molecule has 13 heavy (non-hydrogen) atoms. The minimum absolute atomic E-state index is 0.193. The monoisotopic (exact) mass is 187 g/mol. The average Bonchev–Trinajstić information content (AvgIpc) is 1.81. The maximum atomic E-state index is 10.6. The van der Waals surface area contributed by atoms with E-state index in [1.165, 1.54) is 0 Å². The zero-order chi connectivity index (χ0) is 10.5. The number of carboxylic acid groups (broad SMARTS) is 1. The Bertz CT molecular complexity index is 168. The molecule has 78 valence electrons. The molecule has 0 amide bonds. The molecule has 0 radical (unpaired) electrons. The molecule has 0 rings (SSSR count). The highest BCUT2D eigenvalue weighted by molar-refractivity contribution is 5.68. The topological polar surface area (TPSA) is 49.3 Å². The number of hydrogen-bond acceptors (Lipinski definition) is 2. The zero-order valence-electron chi connectivity index (χ0n) is 9.05. The van der Waals surface area contributed by atoms with Gasteiger partial charge >= 0.3 is 5.97 Å². The van der Waals surface area contributed by atoms with E-state index in [1.54, 1.807) is 0 Å². The molecule has 2 N–H and O–H groups in total. The Morgan fingerprint density at radius 1 is 1.54 bits per heavy atom. The lowest BCUT2D eigenvalue weighted by Crippen LogP contribution is -2.45. The molecule has 1 atom stereocenters. The van der Waals surface area contributed by atoms with Gasteiger partial charge in [0.2, 0.25) is 0 Å². The smallest absolute Gasteiger partial charge is 0.305 e. The molecule has 0 fully saturated rings. The van der Waals surface area contributed by atoms with Gasteiger partial charge in [0.1, 0.15) is 0 Å². The van der Waals surface area contributed by atoms with Gasteiger partial charge in [-0.3, -0.25) is 4.79 Å². The molecular formula is C10H21NO2. The average molecular weight is 187 g/mol. The summed E-state index contributed by atoms with van der Waals surface area (Å²) in [6.07, 6.45) is 1.09. The lowest BCUT2D eigenvalue weighted by molar-refractivity contribution is -0.138. The van der Waals surface area contributed by atoms with Crippen LogP contribution in [0.15, 0.2) is 0 Å². The maximum absolute atomic E-state index is 10.6. The van der Waals surface area contributed by atoms with Crippen LogP contribution in [-0.4, -0.2) is 23.2 Å². The molecule has 3 heteroatoms. The van der Waals surface area contributed by atoms with Crippen LogP contribution in [0.4, 0.5) is 0 Å². The molecule has 1 unspecified atom stereocenters. The van der Waals surface area contributed by atoms with Crippen molar-refractivity contribution < 1.29 is 9.90 Å².